The average Bonchev–Trinajstić information content (AvgIpc) is 2.75. The van der Waals surface area contributed by atoms with E-state index >= 15 is 0 Å². The highest BCUT2D eigenvalue weighted by Gasteiger charge is 2.16. The third kappa shape index (κ3) is 2.01. The van der Waals surface area contributed by atoms with Gasteiger partial charge in [0.1, 0.15) is 5.69 Å². The molecule has 2 heterocycles. The van der Waals surface area contributed by atoms with Crippen LogP contribution in [0.4, 0.5) is 0 Å². The summed E-state index contributed by atoms with van der Waals surface area (Å²) in [5, 5.41) is 10.2. The van der Waals surface area contributed by atoms with Crippen LogP contribution in [0.2, 0.25) is 0 Å². The molecule has 2 rings (SSSR count). The molecule has 1 aliphatic rings. The Morgan fingerprint density at radius 3 is 3.14 bits per heavy atom. The van der Waals surface area contributed by atoms with Crippen molar-refractivity contribution in [3.63, 3.8) is 0 Å². The minimum Gasteiger partial charge on any atom is -0.316 e. The smallest absolute Gasteiger partial charge is 0.179 e. The van der Waals surface area contributed by atoms with Crippen molar-refractivity contribution >= 4 is 5.78 Å². The molecule has 76 valence electrons. The van der Waals surface area contributed by atoms with Crippen molar-refractivity contribution < 1.29 is 4.79 Å². The molecule has 1 unspecified atom stereocenters. The first kappa shape index (κ1) is 9.40. The van der Waals surface area contributed by atoms with Gasteiger partial charge >= 0.3 is 0 Å². The summed E-state index contributed by atoms with van der Waals surface area (Å²) >= 11 is 0. The predicted octanol–water partition coefficient (Wildman–Crippen LogP) is 0.764. The molecule has 1 aromatic rings. The lowest BCUT2D eigenvalue weighted by atomic mass is 10.0. The second-order valence-corrected chi connectivity index (χ2v) is 3.90. The molecule has 0 amide bonds. The van der Waals surface area contributed by atoms with E-state index in [4.69, 9.17) is 0 Å². The third-order valence-corrected chi connectivity index (χ3v) is 2.66. The van der Waals surface area contributed by atoms with Crippen LogP contribution < -0.4 is 5.32 Å². The van der Waals surface area contributed by atoms with E-state index in [0.29, 0.717) is 11.6 Å². The zero-order valence-corrected chi connectivity index (χ0v) is 8.34. The molecule has 4 nitrogen and oxygen atoms in total. The Hall–Kier alpha value is -1.16. The van der Waals surface area contributed by atoms with Crippen LogP contribution in [0.3, 0.4) is 0 Å². The fourth-order valence-corrected chi connectivity index (χ4v) is 1.85. The number of rotatable bonds is 3. The number of aromatic amines is 1. The van der Waals surface area contributed by atoms with Crippen molar-refractivity contribution in [2.45, 2.75) is 19.8 Å². The van der Waals surface area contributed by atoms with Gasteiger partial charge in [0.05, 0.1) is 0 Å². The van der Waals surface area contributed by atoms with Gasteiger partial charge < -0.3 is 5.32 Å². The maximum atomic E-state index is 11.0. The number of nitrogens with one attached hydrogen (secondary N) is 2. The van der Waals surface area contributed by atoms with Gasteiger partial charge in [-0.2, -0.15) is 5.10 Å². The molecule has 1 aliphatic heterocycles. The van der Waals surface area contributed by atoms with E-state index in [9.17, 15) is 4.79 Å². The van der Waals surface area contributed by atoms with Gasteiger partial charge in [-0.25, -0.2) is 0 Å². The molecule has 0 radical (unpaired) electrons. The summed E-state index contributed by atoms with van der Waals surface area (Å²) in [5.41, 5.74) is 1.62. The van der Waals surface area contributed by atoms with E-state index < -0.39 is 0 Å². The minimum atomic E-state index is 0.0250. The highest BCUT2D eigenvalue weighted by atomic mass is 16.1. The predicted molar refractivity (Wildman–Crippen MR) is 53.3 cm³/mol. The van der Waals surface area contributed by atoms with Crippen molar-refractivity contribution in [2.24, 2.45) is 5.92 Å². The van der Waals surface area contributed by atoms with Gasteiger partial charge in [0.2, 0.25) is 0 Å². The van der Waals surface area contributed by atoms with Gasteiger partial charge in [-0.15, -0.1) is 0 Å². The fraction of sp³-hybridized carbons (Fsp3) is 0.600. The zero-order valence-electron chi connectivity index (χ0n) is 8.34. The van der Waals surface area contributed by atoms with Crippen molar-refractivity contribution in [1.29, 1.82) is 0 Å². The van der Waals surface area contributed by atoms with Crippen LogP contribution in [0.15, 0.2) is 6.07 Å². The van der Waals surface area contributed by atoms with Crippen molar-refractivity contribution in [3.8, 4) is 0 Å². The van der Waals surface area contributed by atoms with Crippen LogP contribution in [0, 0.1) is 5.92 Å². The number of hydrogen-bond donors (Lipinski definition) is 2. The summed E-state index contributed by atoms with van der Waals surface area (Å²) in [6.07, 6.45) is 2.21. The Bertz CT molecular complexity index is 326. The van der Waals surface area contributed by atoms with Crippen LogP contribution in [0.5, 0.6) is 0 Å². The highest BCUT2D eigenvalue weighted by Crippen LogP contribution is 2.14. The normalized spacial score (nSPS) is 21.4. The molecule has 0 aliphatic carbocycles. The van der Waals surface area contributed by atoms with E-state index in [1.807, 2.05) is 6.07 Å². The Labute approximate surface area is 83.1 Å². The molecule has 0 aromatic carbocycles. The lowest BCUT2D eigenvalue weighted by molar-refractivity contribution is 0.101. The molecule has 1 aromatic heterocycles. The molecule has 1 saturated heterocycles. The van der Waals surface area contributed by atoms with Crippen LogP contribution in [-0.4, -0.2) is 29.1 Å². The number of aromatic nitrogens is 2. The molecule has 1 atom stereocenters. The number of Topliss-reactive ketones (excluding diaryl/α,β-unsaturated/α-hetero) is 1. The summed E-state index contributed by atoms with van der Waals surface area (Å²) < 4.78 is 0. The van der Waals surface area contributed by atoms with Gasteiger partial charge in [0, 0.05) is 12.6 Å². The van der Waals surface area contributed by atoms with Crippen molar-refractivity contribution in [1.82, 2.24) is 15.5 Å². The highest BCUT2D eigenvalue weighted by molar-refractivity contribution is 5.92. The number of ketones is 1. The summed E-state index contributed by atoms with van der Waals surface area (Å²) in [4.78, 5) is 11.0. The molecular formula is C10H15N3O. The summed E-state index contributed by atoms with van der Waals surface area (Å²) in [6.45, 7) is 3.73. The van der Waals surface area contributed by atoms with Gasteiger partial charge in [0.25, 0.3) is 0 Å². The molecule has 2 N–H and O–H groups in total. The lowest BCUT2D eigenvalue weighted by Gasteiger charge is -2.04. The van der Waals surface area contributed by atoms with Crippen molar-refractivity contribution in [3.05, 3.63) is 17.5 Å². The van der Waals surface area contributed by atoms with Crippen LogP contribution >= 0.6 is 0 Å². The Morgan fingerprint density at radius 2 is 2.57 bits per heavy atom. The molecule has 0 bridgehead atoms. The Morgan fingerprint density at radius 1 is 1.71 bits per heavy atom. The third-order valence-electron chi connectivity index (χ3n) is 2.66. The first-order valence-corrected chi connectivity index (χ1v) is 5.01. The first-order valence-electron chi connectivity index (χ1n) is 5.01. The van der Waals surface area contributed by atoms with E-state index in [-0.39, 0.29) is 5.78 Å². The lowest BCUT2D eigenvalue weighted by Crippen LogP contribution is -2.10. The Kier molecular flexibility index (Phi) is 2.63. The van der Waals surface area contributed by atoms with E-state index in [1.165, 1.54) is 13.3 Å². The summed E-state index contributed by atoms with van der Waals surface area (Å²) in [7, 11) is 0. The average molecular weight is 193 g/mol. The second kappa shape index (κ2) is 3.92. The number of H-pyrrole nitrogens is 1. The SMILES string of the molecule is CC(=O)c1cc(CC2CCNC2)[nH]n1. The molecule has 1 fully saturated rings. The largest absolute Gasteiger partial charge is 0.316 e. The van der Waals surface area contributed by atoms with E-state index in [2.05, 4.69) is 15.5 Å². The van der Waals surface area contributed by atoms with Crippen LogP contribution in [-0.2, 0) is 6.42 Å². The minimum absolute atomic E-state index is 0.0250. The van der Waals surface area contributed by atoms with Gasteiger partial charge in [-0.05, 0) is 37.9 Å². The number of nitrogens with zero attached hydrogens (tertiary/aromatic N) is 1. The van der Waals surface area contributed by atoms with Gasteiger partial charge in [0.15, 0.2) is 5.78 Å². The fourth-order valence-electron chi connectivity index (χ4n) is 1.85. The zero-order chi connectivity index (χ0) is 9.97. The van der Waals surface area contributed by atoms with Crippen LogP contribution in [0.1, 0.15) is 29.5 Å². The first-order chi connectivity index (χ1) is 6.75. The maximum absolute atomic E-state index is 11.0. The topological polar surface area (TPSA) is 57.8 Å². The maximum Gasteiger partial charge on any atom is 0.179 e. The van der Waals surface area contributed by atoms with Gasteiger partial charge in [-0.3, -0.25) is 9.89 Å². The molecule has 14 heavy (non-hydrogen) atoms. The van der Waals surface area contributed by atoms with Crippen molar-refractivity contribution in [2.75, 3.05) is 13.1 Å². The Balaban J connectivity index is 1.98. The second-order valence-electron chi connectivity index (χ2n) is 3.90. The quantitative estimate of drug-likeness (QED) is 0.697. The number of carbonyl (C=O) groups excluding carboxylic acids is 1. The monoisotopic (exact) mass is 193 g/mol. The molecular weight excluding hydrogens is 178 g/mol. The summed E-state index contributed by atoms with van der Waals surface area (Å²) in [5.74, 6) is 0.715. The van der Waals surface area contributed by atoms with E-state index in [1.54, 1.807) is 0 Å². The number of carbonyl (C=O) groups is 1. The molecule has 4 heteroatoms. The summed E-state index contributed by atoms with van der Waals surface area (Å²) in [6, 6.07) is 1.86. The standard InChI is InChI=1S/C10H15N3O/c1-7(14)10-5-9(12-13-10)4-8-2-3-11-6-8/h5,8,11H,2-4,6H2,1H3,(H,12,13). The van der Waals surface area contributed by atoms with E-state index in [0.717, 1.165) is 25.2 Å². The van der Waals surface area contributed by atoms with Gasteiger partial charge in [-0.1, -0.05) is 0 Å². The molecule has 0 spiro atoms. The number of hydrogen-bond acceptors (Lipinski definition) is 3. The molecule has 0 saturated carbocycles. The van der Waals surface area contributed by atoms with Crippen LogP contribution in [0.25, 0.3) is 0 Å².